The Morgan fingerprint density at radius 2 is 0.955 bits per heavy atom. The fourth-order valence-electron chi connectivity index (χ4n) is 1.35. The molecular weight excluding hydrogens is 284 g/mol. The van der Waals surface area contributed by atoms with Crippen molar-refractivity contribution in [3.05, 3.63) is 60.7 Å². The molecule has 0 heterocycles. The van der Waals surface area contributed by atoms with E-state index >= 15 is 0 Å². The van der Waals surface area contributed by atoms with Crippen LogP contribution in [0.3, 0.4) is 0 Å². The van der Waals surface area contributed by atoms with Gasteiger partial charge in [-0.1, -0.05) is 36.4 Å². The molecule has 114 valence electrons. The SMILES string of the molecule is N=C=O.N=C=O.c1ccc(OCCOc2ccccc2)cc1. The summed E-state index contributed by atoms with van der Waals surface area (Å²) in [6, 6.07) is 19.5. The van der Waals surface area contributed by atoms with E-state index in [4.69, 9.17) is 29.9 Å². The van der Waals surface area contributed by atoms with E-state index in [1.54, 1.807) is 0 Å². The second-order valence-electron chi connectivity index (χ2n) is 3.53. The Balaban J connectivity index is 0.000000639. The van der Waals surface area contributed by atoms with Crippen molar-refractivity contribution in [2.45, 2.75) is 0 Å². The number of hydrogen-bond donors (Lipinski definition) is 2. The highest BCUT2D eigenvalue weighted by molar-refractivity contribution is 5.26. The van der Waals surface area contributed by atoms with Crippen molar-refractivity contribution >= 4 is 12.2 Å². The smallest absolute Gasteiger partial charge is 0.231 e. The van der Waals surface area contributed by atoms with Crippen LogP contribution in [-0.4, -0.2) is 25.4 Å². The maximum Gasteiger partial charge on any atom is 0.231 e. The Morgan fingerprint density at radius 3 is 1.23 bits per heavy atom. The highest BCUT2D eigenvalue weighted by atomic mass is 16.5. The topological polar surface area (TPSA) is 100 Å². The third kappa shape index (κ3) is 10.7. The monoisotopic (exact) mass is 300 g/mol. The molecule has 0 fully saturated rings. The summed E-state index contributed by atoms with van der Waals surface area (Å²) in [5.74, 6) is 1.75. The van der Waals surface area contributed by atoms with Gasteiger partial charge in [0.2, 0.25) is 12.2 Å². The fraction of sp³-hybridized carbons (Fsp3) is 0.125. The summed E-state index contributed by atoms with van der Waals surface area (Å²) in [5.41, 5.74) is 0. The van der Waals surface area contributed by atoms with Gasteiger partial charge in [0.15, 0.2) is 0 Å². The lowest BCUT2D eigenvalue weighted by molar-refractivity contribution is 0.217. The molecule has 2 aromatic rings. The van der Waals surface area contributed by atoms with Crippen LogP contribution in [0, 0.1) is 10.8 Å². The largest absolute Gasteiger partial charge is 0.490 e. The first-order chi connectivity index (χ1) is 10.8. The van der Waals surface area contributed by atoms with Crippen LogP contribution >= 0.6 is 0 Å². The highest BCUT2D eigenvalue weighted by Gasteiger charge is 1.93. The number of rotatable bonds is 5. The van der Waals surface area contributed by atoms with E-state index in [-0.39, 0.29) is 0 Å². The minimum atomic E-state index is 0.554. The number of ether oxygens (including phenoxy) is 2. The van der Waals surface area contributed by atoms with E-state index in [1.165, 1.54) is 0 Å². The lowest BCUT2D eigenvalue weighted by Crippen LogP contribution is -2.08. The highest BCUT2D eigenvalue weighted by Crippen LogP contribution is 2.10. The zero-order valence-electron chi connectivity index (χ0n) is 11.8. The molecule has 0 saturated heterocycles. The number of carbonyl (C=O) groups excluding carboxylic acids is 2. The second-order valence-corrected chi connectivity index (χ2v) is 3.53. The van der Waals surface area contributed by atoms with Crippen LogP contribution in [0.2, 0.25) is 0 Å². The van der Waals surface area contributed by atoms with Crippen molar-refractivity contribution in [3.63, 3.8) is 0 Å². The standard InChI is InChI=1S/C14H14O2.2CHNO/c1-3-7-13(8-4-1)15-11-12-16-14-9-5-2-6-10-14;2*2-1-3/h1-10H,11-12H2;2*2H. The predicted octanol–water partition coefficient (Wildman–Crippen LogP) is 2.95. The third-order valence-corrected chi connectivity index (χ3v) is 2.11. The molecular formula is C16H16N2O4. The van der Waals surface area contributed by atoms with Gasteiger partial charge in [-0.05, 0) is 24.3 Å². The van der Waals surface area contributed by atoms with Gasteiger partial charge in [-0.15, -0.1) is 0 Å². The van der Waals surface area contributed by atoms with Gasteiger partial charge in [0.25, 0.3) is 0 Å². The summed E-state index contributed by atoms with van der Waals surface area (Å²) in [4.78, 5) is 16.7. The number of benzene rings is 2. The second kappa shape index (κ2) is 14.2. The normalized spacial score (nSPS) is 7.82. The molecule has 2 rings (SSSR count). The molecule has 6 nitrogen and oxygen atoms in total. The van der Waals surface area contributed by atoms with Gasteiger partial charge in [-0.2, -0.15) is 0 Å². The van der Waals surface area contributed by atoms with E-state index in [2.05, 4.69) is 0 Å². The fourth-order valence-corrected chi connectivity index (χ4v) is 1.35. The van der Waals surface area contributed by atoms with Gasteiger partial charge in [-0.25, -0.2) is 20.4 Å². The summed E-state index contributed by atoms with van der Waals surface area (Å²) in [7, 11) is 0. The molecule has 0 aromatic heterocycles. The van der Waals surface area contributed by atoms with E-state index in [9.17, 15) is 0 Å². The molecule has 0 unspecified atom stereocenters. The molecule has 0 aliphatic carbocycles. The van der Waals surface area contributed by atoms with E-state index in [0.717, 1.165) is 23.7 Å². The Hall–Kier alpha value is -3.20. The van der Waals surface area contributed by atoms with E-state index in [1.807, 2.05) is 60.7 Å². The lowest BCUT2D eigenvalue weighted by atomic mass is 10.3. The van der Waals surface area contributed by atoms with Crippen molar-refractivity contribution in [2.75, 3.05) is 13.2 Å². The minimum Gasteiger partial charge on any atom is -0.490 e. The molecule has 0 spiro atoms. The van der Waals surface area contributed by atoms with Gasteiger partial charge in [0, 0.05) is 0 Å². The molecule has 0 bridgehead atoms. The summed E-state index contributed by atoms with van der Waals surface area (Å²) < 4.78 is 11.0. The molecule has 0 amide bonds. The van der Waals surface area contributed by atoms with Crippen molar-refractivity contribution < 1.29 is 19.1 Å². The quantitative estimate of drug-likeness (QED) is 0.503. The average molecular weight is 300 g/mol. The first-order valence-corrected chi connectivity index (χ1v) is 6.22. The molecule has 2 aromatic carbocycles. The number of nitrogens with one attached hydrogen (secondary N) is 2. The van der Waals surface area contributed by atoms with E-state index in [0.29, 0.717) is 13.2 Å². The molecule has 6 heteroatoms. The van der Waals surface area contributed by atoms with Gasteiger partial charge < -0.3 is 9.47 Å². The molecule has 22 heavy (non-hydrogen) atoms. The van der Waals surface area contributed by atoms with E-state index < -0.39 is 0 Å². The van der Waals surface area contributed by atoms with Crippen LogP contribution in [0.5, 0.6) is 11.5 Å². The van der Waals surface area contributed by atoms with Crippen LogP contribution in [-0.2, 0) is 9.59 Å². The van der Waals surface area contributed by atoms with Crippen LogP contribution in [0.15, 0.2) is 60.7 Å². The molecule has 0 atom stereocenters. The zero-order valence-corrected chi connectivity index (χ0v) is 11.8. The Kier molecular flexibility index (Phi) is 12.1. The zero-order chi connectivity index (χ0) is 16.5. The molecule has 0 aliphatic heterocycles. The Labute approximate surface area is 128 Å². The van der Waals surface area contributed by atoms with Crippen LogP contribution in [0.25, 0.3) is 0 Å². The number of hydrogen-bond acceptors (Lipinski definition) is 6. The van der Waals surface area contributed by atoms with Gasteiger partial charge in [0.1, 0.15) is 24.7 Å². The summed E-state index contributed by atoms with van der Waals surface area (Å²) in [6.07, 6.45) is 1.50. The lowest BCUT2D eigenvalue weighted by Gasteiger charge is -2.07. The predicted molar refractivity (Wildman–Crippen MR) is 80.7 cm³/mol. The van der Waals surface area contributed by atoms with Crippen LogP contribution in [0.1, 0.15) is 0 Å². The maximum atomic E-state index is 8.35. The minimum absolute atomic E-state index is 0.554. The van der Waals surface area contributed by atoms with Crippen molar-refractivity contribution in [1.29, 1.82) is 10.8 Å². The van der Waals surface area contributed by atoms with Crippen molar-refractivity contribution in [3.8, 4) is 11.5 Å². The number of para-hydroxylation sites is 2. The van der Waals surface area contributed by atoms with Crippen LogP contribution < -0.4 is 9.47 Å². The Morgan fingerprint density at radius 1 is 0.682 bits per heavy atom. The molecule has 0 aliphatic rings. The number of isocyanates is 2. The molecule has 0 saturated carbocycles. The average Bonchev–Trinajstić information content (AvgIpc) is 2.55. The third-order valence-electron chi connectivity index (χ3n) is 2.11. The van der Waals surface area contributed by atoms with Crippen LogP contribution in [0.4, 0.5) is 0 Å². The summed E-state index contributed by atoms with van der Waals surface area (Å²) in [5, 5.41) is 10.8. The molecule has 0 radical (unpaired) electrons. The first kappa shape index (κ1) is 18.8. The Bertz CT molecular complexity index is 508. The van der Waals surface area contributed by atoms with Crippen molar-refractivity contribution in [1.82, 2.24) is 0 Å². The van der Waals surface area contributed by atoms with Gasteiger partial charge >= 0.3 is 0 Å². The first-order valence-electron chi connectivity index (χ1n) is 6.22. The summed E-state index contributed by atoms with van der Waals surface area (Å²) >= 11 is 0. The van der Waals surface area contributed by atoms with Gasteiger partial charge in [-0.3, -0.25) is 0 Å². The summed E-state index contributed by atoms with van der Waals surface area (Å²) in [6.45, 7) is 1.11. The molecule has 2 N–H and O–H groups in total. The van der Waals surface area contributed by atoms with Gasteiger partial charge in [0.05, 0.1) is 0 Å². The van der Waals surface area contributed by atoms with Crippen molar-refractivity contribution in [2.24, 2.45) is 0 Å². The maximum absolute atomic E-state index is 8.35.